The van der Waals surface area contributed by atoms with E-state index in [0.717, 1.165) is 5.56 Å². The number of carbonyl (C=O) groups excluding carboxylic acids is 1. The van der Waals surface area contributed by atoms with E-state index in [2.05, 4.69) is 5.32 Å². The molecule has 0 aliphatic carbocycles. The second kappa shape index (κ2) is 7.15. The van der Waals surface area contributed by atoms with Gasteiger partial charge in [-0.3, -0.25) is 4.79 Å². The molecule has 0 aliphatic heterocycles. The topological polar surface area (TPSA) is 51.5 Å². The number of nitrogens with one attached hydrogen (secondary N) is 1. The number of fused-ring (bicyclic) bond motifs is 1. The summed E-state index contributed by atoms with van der Waals surface area (Å²) in [6.07, 6.45) is 0.0269. The maximum absolute atomic E-state index is 13.7. The number of rotatable bonds is 5. The summed E-state index contributed by atoms with van der Waals surface area (Å²) < 4.78 is 37.8. The molecule has 0 fully saturated rings. The zero-order chi connectivity index (χ0) is 18.8. The average molecular weight is 359 g/mol. The van der Waals surface area contributed by atoms with Crippen LogP contribution in [-0.4, -0.2) is 13.0 Å². The largest absolute Gasteiger partial charge is 0.494 e. The van der Waals surface area contributed by atoms with Gasteiger partial charge < -0.3 is 14.5 Å². The molecule has 1 N–H and O–H groups in total. The van der Waals surface area contributed by atoms with Crippen molar-refractivity contribution < 1.29 is 22.7 Å². The van der Waals surface area contributed by atoms with E-state index in [1.807, 2.05) is 6.92 Å². The van der Waals surface area contributed by atoms with Crippen molar-refractivity contribution in [3.8, 4) is 5.75 Å². The quantitative estimate of drug-likeness (QED) is 0.732. The lowest BCUT2D eigenvalue weighted by Gasteiger charge is -2.13. The molecule has 26 heavy (non-hydrogen) atoms. The first kappa shape index (κ1) is 17.9. The molecule has 1 atom stereocenters. The van der Waals surface area contributed by atoms with Crippen LogP contribution in [0, 0.1) is 18.6 Å². The van der Waals surface area contributed by atoms with Gasteiger partial charge >= 0.3 is 0 Å². The highest BCUT2D eigenvalue weighted by Gasteiger charge is 2.19. The SMILES string of the molecule is COc1ccc(CC(=O)NC(C)c2oc3ccc(F)cc3c2C)cc1F. The molecule has 2 aromatic carbocycles. The molecule has 1 aromatic heterocycles. The number of halogens is 2. The summed E-state index contributed by atoms with van der Waals surface area (Å²) in [4.78, 5) is 12.3. The van der Waals surface area contributed by atoms with Gasteiger partial charge in [-0.05, 0) is 49.7 Å². The van der Waals surface area contributed by atoms with Gasteiger partial charge in [0, 0.05) is 10.9 Å². The third-order valence-corrected chi connectivity index (χ3v) is 4.29. The van der Waals surface area contributed by atoms with Crippen LogP contribution in [0.2, 0.25) is 0 Å². The molecule has 3 rings (SSSR count). The molecule has 1 heterocycles. The van der Waals surface area contributed by atoms with Crippen LogP contribution in [0.3, 0.4) is 0 Å². The van der Waals surface area contributed by atoms with Crippen LogP contribution in [0.4, 0.5) is 8.78 Å². The summed E-state index contributed by atoms with van der Waals surface area (Å²) in [5, 5.41) is 3.51. The van der Waals surface area contributed by atoms with E-state index in [1.165, 1.54) is 31.4 Å². The lowest BCUT2D eigenvalue weighted by molar-refractivity contribution is -0.121. The predicted octanol–water partition coefficient (Wildman–Crippen LogP) is 4.45. The van der Waals surface area contributed by atoms with E-state index >= 15 is 0 Å². The number of aryl methyl sites for hydroxylation is 1. The molecule has 1 unspecified atom stereocenters. The Bertz CT molecular complexity index is 965. The summed E-state index contributed by atoms with van der Waals surface area (Å²) in [5.41, 5.74) is 1.89. The molecule has 0 radical (unpaired) electrons. The lowest BCUT2D eigenvalue weighted by atomic mass is 10.1. The number of benzene rings is 2. The van der Waals surface area contributed by atoms with Crippen LogP contribution < -0.4 is 10.1 Å². The highest BCUT2D eigenvalue weighted by Crippen LogP contribution is 2.30. The normalized spacial score (nSPS) is 12.2. The minimum atomic E-state index is -0.513. The van der Waals surface area contributed by atoms with Gasteiger partial charge in [-0.15, -0.1) is 0 Å². The molecule has 1 amide bonds. The molecule has 0 spiro atoms. The maximum atomic E-state index is 13.7. The summed E-state index contributed by atoms with van der Waals surface area (Å²) in [6, 6.07) is 8.30. The van der Waals surface area contributed by atoms with Gasteiger partial charge in [-0.25, -0.2) is 8.78 Å². The Hall–Kier alpha value is -2.89. The minimum absolute atomic E-state index is 0.0269. The van der Waals surface area contributed by atoms with E-state index in [9.17, 15) is 13.6 Å². The van der Waals surface area contributed by atoms with E-state index in [0.29, 0.717) is 22.3 Å². The molecule has 136 valence electrons. The number of hydrogen-bond donors (Lipinski definition) is 1. The summed E-state index contributed by atoms with van der Waals surface area (Å²) in [7, 11) is 1.38. The molecule has 0 saturated heterocycles. The van der Waals surface area contributed by atoms with E-state index < -0.39 is 11.9 Å². The first-order valence-corrected chi connectivity index (χ1v) is 8.19. The van der Waals surface area contributed by atoms with E-state index in [-0.39, 0.29) is 23.9 Å². The molecule has 6 heteroatoms. The van der Waals surface area contributed by atoms with Crippen LogP contribution in [-0.2, 0) is 11.2 Å². The van der Waals surface area contributed by atoms with Crippen molar-refractivity contribution in [2.75, 3.05) is 7.11 Å². The van der Waals surface area contributed by atoms with Crippen molar-refractivity contribution in [3.05, 3.63) is 64.9 Å². The van der Waals surface area contributed by atoms with Crippen LogP contribution in [0.25, 0.3) is 11.0 Å². The summed E-state index contributed by atoms with van der Waals surface area (Å²) >= 11 is 0. The third-order valence-electron chi connectivity index (χ3n) is 4.29. The first-order chi connectivity index (χ1) is 12.4. The van der Waals surface area contributed by atoms with Crippen LogP contribution in [0.1, 0.15) is 29.9 Å². The fourth-order valence-electron chi connectivity index (χ4n) is 2.99. The minimum Gasteiger partial charge on any atom is -0.494 e. The Morgan fingerprint density at radius 2 is 2.00 bits per heavy atom. The van der Waals surface area contributed by atoms with Crippen LogP contribution >= 0.6 is 0 Å². The third kappa shape index (κ3) is 3.54. The number of ether oxygens (including phenoxy) is 1. The number of amides is 1. The fourth-order valence-corrected chi connectivity index (χ4v) is 2.99. The molecular weight excluding hydrogens is 340 g/mol. The first-order valence-electron chi connectivity index (χ1n) is 8.19. The van der Waals surface area contributed by atoms with Crippen molar-refractivity contribution in [2.24, 2.45) is 0 Å². The van der Waals surface area contributed by atoms with Crippen molar-refractivity contribution in [1.82, 2.24) is 5.32 Å². The second-order valence-corrected chi connectivity index (χ2v) is 6.17. The maximum Gasteiger partial charge on any atom is 0.225 e. The summed E-state index contributed by atoms with van der Waals surface area (Å²) in [5.74, 6) is -0.423. The Morgan fingerprint density at radius 3 is 2.69 bits per heavy atom. The number of carbonyl (C=O) groups is 1. The Kier molecular flexibility index (Phi) is 4.93. The fraction of sp³-hybridized carbons (Fsp3) is 0.250. The van der Waals surface area contributed by atoms with E-state index in [4.69, 9.17) is 9.15 Å². The Morgan fingerprint density at radius 1 is 1.23 bits per heavy atom. The van der Waals surface area contributed by atoms with Gasteiger partial charge in [-0.1, -0.05) is 6.07 Å². The van der Waals surface area contributed by atoms with Gasteiger partial charge in [0.25, 0.3) is 0 Å². The number of hydrogen-bond acceptors (Lipinski definition) is 3. The van der Waals surface area contributed by atoms with Gasteiger partial charge in [0.2, 0.25) is 5.91 Å². The average Bonchev–Trinajstić information content (AvgIpc) is 2.91. The number of furan rings is 1. The van der Waals surface area contributed by atoms with Crippen molar-refractivity contribution in [3.63, 3.8) is 0 Å². The molecular formula is C20H19F2NO3. The van der Waals surface area contributed by atoms with Gasteiger partial charge in [0.1, 0.15) is 17.2 Å². The monoisotopic (exact) mass is 359 g/mol. The number of methoxy groups -OCH3 is 1. The van der Waals surface area contributed by atoms with Crippen molar-refractivity contribution >= 4 is 16.9 Å². The molecule has 0 aliphatic rings. The Labute approximate surface area is 149 Å². The second-order valence-electron chi connectivity index (χ2n) is 6.17. The molecule has 0 bridgehead atoms. The van der Waals surface area contributed by atoms with Gasteiger partial charge in [-0.2, -0.15) is 0 Å². The summed E-state index contributed by atoms with van der Waals surface area (Å²) in [6.45, 7) is 3.61. The smallest absolute Gasteiger partial charge is 0.225 e. The zero-order valence-electron chi connectivity index (χ0n) is 14.7. The van der Waals surface area contributed by atoms with Crippen LogP contribution in [0.5, 0.6) is 5.75 Å². The molecule has 0 saturated carbocycles. The standard InChI is InChI=1S/C20H19F2NO3/c1-11-15-10-14(21)5-7-17(15)26-20(11)12(2)23-19(24)9-13-4-6-18(25-3)16(22)8-13/h4-8,10,12H,9H2,1-3H3,(H,23,24). The molecule has 4 nitrogen and oxygen atoms in total. The van der Waals surface area contributed by atoms with Crippen molar-refractivity contribution in [2.45, 2.75) is 26.3 Å². The highest BCUT2D eigenvalue weighted by atomic mass is 19.1. The molecule has 3 aromatic rings. The van der Waals surface area contributed by atoms with Gasteiger partial charge in [0.05, 0.1) is 19.6 Å². The zero-order valence-corrected chi connectivity index (χ0v) is 14.7. The highest BCUT2D eigenvalue weighted by molar-refractivity contribution is 5.83. The van der Waals surface area contributed by atoms with Gasteiger partial charge in [0.15, 0.2) is 11.6 Å². The lowest BCUT2D eigenvalue weighted by Crippen LogP contribution is -2.28. The van der Waals surface area contributed by atoms with Crippen LogP contribution in [0.15, 0.2) is 40.8 Å². The predicted molar refractivity (Wildman–Crippen MR) is 94.1 cm³/mol. The van der Waals surface area contributed by atoms with Crippen molar-refractivity contribution in [1.29, 1.82) is 0 Å². The Balaban J connectivity index is 1.73. The van der Waals surface area contributed by atoms with E-state index in [1.54, 1.807) is 19.1 Å².